The zero-order valence-electron chi connectivity index (χ0n) is 11.6. The monoisotopic (exact) mass is 255 g/mol. The Morgan fingerprint density at radius 1 is 1.11 bits per heavy atom. The van der Waals surface area contributed by atoms with Gasteiger partial charge in [-0.05, 0) is 24.0 Å². The van der Waals surface area contributed by atoms with E-state index in [-0.39, 0.29) is 0 Å². The van der Waals surface area contributed by atoms with Crippen molar-refractivity contribution in [2.45, 2.75) is 32.9 Å². The Bertz CT molecular complexity index is 468. The van der Waals surface area contributed by atoms with Crippen LogP contribution in [0.5, 0.6) is 0 Å². The lowest BCUT2D eigenvalue weighted by atomic mass is 9.97. The average Bonchev–Trinajstić information content (AvgIpc) is 2.45. The topological polar surface area (TPSA) is 37.8 Å². The number of benzene rings is 1. The zero-order chi connectivity index (χ0) is 13.5. The van der Waals surface area contributed by atoms with Crippen molar-refractivity contribution in [2.24, 2.45) is 5.92 Å². The van der Waals surface area contributed by atoms with Gasteiger partial charge < -0.3 is 5.32 Å². The lowest BCUT2D eigenvalue weighted by Crippen LogP contribution is -2.23. The lowest BCUT2D eigenvalue weighted by Gasteiger charge is -2.21. The van der Waals surface area contributed by atoms with E-state index in [0.29, 0.717) is 12.0 Å². The molecular formula is C16H21N3. The quantitative estimate of drug-likeness (QED) is 0.860. The molecule has 0 aliphatic rings. The van der Waals surface area contributed by atoms with Crippen molar-refractivity contribution < 1.29 is 0 Å². The van der Waals surface area contributed by atoms with Crippen molar-refractivity contribution >= 4 is 0 Å². The molecule has 1 unspecified atom stereocenters. The van der Waals surface area contributed by atoms with Crippen LogP contribution in [0.15, 0.2) is 48.9 Å². The second kappa shape index (κ2) is 7.00. The van der Waals surface area contributed by atoms with Crippen molar-refractivity contribution in [1.29, 1.82) is 0 Å². The first-order chi connectivity index (χ1) is 9.25. The molecular weight excluding hydrogens is 234 g/mol. The predicted molar refractivity (Wildman–Crippen MR) is 77.5 cm³/mol. The molecule has 0 saturated heterocycles. The normalized spacial score (nSPS) is 12.6. The molecule has 1 N–H and O–H groups in total. The molecule has 1 heterocycles. The number of nitrogens with one attached hydrogen (secondary N) is 1. The van der Waals surface area contributed by atoms with Gasteiger partial charge in [0.1, 0.15) is 6.33 Å². The Balaban J connectivity index is 2.02. The SMILES string of the molecule is CC(C)CC(NCc1ccncn1)c1ccccc1. The van der Waals surface area contributed by atoms with Crippen LogP contribution in [0.1, 0.15) is 37.6 Å². The van der Waals surface area contributed by atoms with Gasteiger partial charge in [0, 0.05) is 18.8 Å². The Morgan fingerprint density at radius 2 is 1.89 bits per heavy atom. The fourth-order valence-corrected chi connectivity index (χ4v) is 2.14. The van der Waals surface area contributed by atoms with Gasteiger partial charge in [-0.3, -0.25) is 0 Å². The largest absolute Gasteiger partial charge is 0.304 e. The first-order valence-corrected chi connectivity index (χ1v) is 6.79. The summed E-state index contributed by atoms with van der Waals surface area (Å²) in [5, 5.41) is 3.59. The first kappa shape index (κ1) is 13.7. The third kappa shape index (κ3) is 4.45. The maximum absolute atomic E-state index is 4.25. The van der Waals surface area contributed by atoms with Gasteiger partial charge in [-0.2, -0.15) is 0 Å². The molecule has 2 rings (SSSR count). The van der Waals surface area contributed by atoms with Crippen LogP contribution in [0.2, 0.25) is 0 Å². The molecule has 1 aromatic carbocycles. The van der Waals surface area contributed by atoms with E-state index >= 15 is 0 Å². The van der Waals surface area contributed by atoms with Crippen LogP contribution < -0.4 is 5.32 Å². The summed E-state index contributed by atoms with van der Waals surface area (Å²) in [6.07, 6.45) is 4.50. The maximum Gasteiger partial charge on any atom is 0.115 e. The van der Waals surface area contributed by atoms with Crippen LogP contribution in [-0.4, -0.2) is 9.97 Å². The second-order valence-corrected chi connectivity index (χ2v) is 5.17. The van der Waals surface area contributed by atoms with E-state index in [9.17, 15) is 0 Å². The summed E-state index contributed by atoms with van der Waals surface area (Å²) >= 11 is 0. The standard InChI is InChI=1S/C16H21N3/c1-13(2)10-16(14-6-4-3-5-7-14)18-11-15-8-9-17-12-19-15/h3-9,12-13,16,18H,10-11H2,1-2H3. The number of hydrogen-bond donors (Lipinski definition) is 1. The Kier molecular flexibility index (Phi) is 5.04. The summed E-state index contributed by atoms with van der Waals surface area (Å²) in [4.78, 5) is 8.19. The average molecular weight is 255 g/mol. The van der Waals surface area contributed by atoms with E-state index in [0.717, 1.165) is 18.7 Å². The second-order valence-electron chi connectivity index (χ2n) is 5.17. The zero-order valence-corrected chi connectivity index (χ0v) is 11.6. The van der Waals surface area contributed by atoms with Crippen LogP contribution in [0.3, 0.4) is 0 Å². The lowest BCUT2D eigenvalue weighted by molar-refractivity contribution is 0.426. The molecule has 19 heavy (non-hydrogen) atoms. The number of nitrogens with zero attached hydrogens (tertiary/aromatic N) is 2. The van der Waals surface area contributed by atoms with E-state index in [2.05, 4.69) is 59.5 Å². The molecule has 0 aliphatic heterocycles. The molecule has 3 nitrogen and oxygen atoms in total. The van der Waals surface area contributed by atoms with E-state index in [1.807, 2.05) is 6.07 Å². The van der Waals surface area contributed by atoms with Gasteiger partial charge in [-0.1, -0.05) is 44.2 Å². The first-order valence-electron chi connectivity index (χ1n) is 6.79. The molecule has 0 aliphatic carbocycles. The molecule has 0 spiro atoms. The van der Waals surface area contributed by atoms with Crippen molar-refractivity contribution in [2.75, 3.05) is 0 Å². The highest BCUT2D eigenvalue weighted by Gasteiger charge is 2.12. The molecule has 100 valence electrons. The fraction of sp³-hybridized carbons (Fsp3) is 0.375. The summed E-state index contributed by atoms with van der Waals surface area (Å²) in [6.45, 7) is 5.28. The molecule has 2 aromatic rings. The van der Waals surface area contributed by atoms with Gasteiger partial charge in [-0.25, -0.2) is 9.97 Å². The van der Waals surface area contributed by atoms with Crippen molar-refractivity contribution in [1.82, 2.24) is 15.3 Å². The summed E-state index contributed by atoms with van der Waals surface area (Å²) in [6, 6.07) is 12.9. The molecule has 0 fully saturated rings. The van der Waals surface area contributed by atoms with Crippen LogP contribution in [0.25, 0.3) is 0 Å². The van der Waals surface area contributed by atoms with Gasteiger partial charge in [0.25, 0.3) is 0 Å². The highest BCUT2D eigenvalue weighted by Crippen LogP contribution is 2.21. The van der Waals surface area contributed by atoms with Gasteiger partial charge in [0.15, 0.2) is 0 Å². The summed E-state index contributed by atoms with van der Waals surface area (Å²) < 4.78 is 0. The van der Waals surface area contributed by atoms with E-state index < -0.39 is 0 Å². The van der Waals surface area contributed by atoms with E-state index in [1.54, 1.807) is 12.5 Å². The predicted octanol–water partition coefficient (Wildman–Crippen LogP) is 3.35. The Labute approximate surface area is 115 Å². The molecule has 0 radical (unpaired) electrons. The number of aromatic nitrogens is 2. The van der Waals surface area contributed by atoms with Crippen LogP contribution in [0, 0.1) is 5.92 Å². The summed E-state index contributed by atoms with van der Waals surface area (Å²) in [5.41, 5.74) is 2.37. The minimum absolute atomic E-state index is 0.371. The Morgan fingerprint density at radius 3 is 2.53 bits per heavy atom. The molecule has 0 amide bonds. The minimum Gasteiger partial charge on any atom is -0.304 e. The maximum atomic E-state index is 4.25. The van der Waals surface area contributed by atoms with E-state index in [4.69, 9.17) is 0 Å². The Hall–Kier alpha value is -1.74. The van der Waals surface area contributed by atoms with Crippen LogP contribution in [0.4, 0.5) is 0 Å². The highest BCUT2D eigenvalue weighted by atomic mass is 14.9. The molecule has 0 bridgehead atoms. The van der Waals surface area contributed by atoms with Gasteiger partial charge in [0.05, 0.1) is 5.69 Å². The van der Waals surface area contributed by atoms with Crippen molar-refractivity contribution in [3.05, 3.63) is 60.2 Å². The molecule has 3 heteroatoms. The smallest absolute Gasteiger partial charge is 0.115 e. The van der Waals surface area contributed by atoms with Crippen LogP contribution >= 0.6 is 0 Å². The van der Waals surface area contributed by atoms with Gasteiger partial charge >= 0.3 is 0 Å². The van der Waals surface area contributed by atoms with Gasteiger partial charge in [0.2, 0.25) is 0 Å². The number of rotatable bonds is 6. The molecule has 1 aromatic heterocycles. The number of hydrogen-bond acceptors (Lipinski definition) is 3. The summed E-state index contributed by atoms with van der Waals surface area (Å²) in [5.74, 6) is 0.656. The molecule has 0 saturated carbocycles. The minimum atomic E-state index is 0.371. The highest BCUT2D eigenvalue weighted by molar-refractivity contribution is 5.19. The van der Waals surface area contributed by atoms with Crippen molar-refractivity contribution in [3.8, 4) is 0 Å². The van der Waals surface area contributed by atoms with Gasteiger partial charge in [-0.15, -0.1) is 0 Å². The molecule has 1 atom stereocenters. The fourth-order valence-electron chi connectivity index (χ4n) is 2.14. The third-order valence-corrected chi connectivity index (χ3v) is 3.08. The summed E-state index contributed by atoms with van der Waals surface area (Å²) in [7, 11) is 0. The third-order valence-electron chi connectivity index (χ3n) is 3.08. The van der Waals surface area contributed by atoms with E-state index in [1.165, 1.54) is 5.56 Å². The van der Waals surface area contributed by atoms with Crippen LogP contribution in [-0.2, 0) is 6.54 Å². The van der Waals surface area contributed by atoms with Crippen molar-refractivity contribution in [3.63, 3.8) is 0 Å².